The minimum Gasteiger partial charge on any atom is -0.346 e. The first kappa shape index (κ1) is 8.26. The number of aromatic nitrogens is 2. The summed E-state index contributed by atoms with van der Waals surface area (Å²) in [6, 6.07) is 4.16. The van der Waals surface area contributed by atoms with Crippen molar-refractivity contribution in [2.45, 2.75) is 13.5 Å². The number of hydrogen-bond acceptors (Lipinski definition) is 2. The molecule has 2 aromatic heterocycles. The predicted octanol–water partition coefficient (Wildman–Crippen LogP) is 1.34. The summed E-state index contributed by atoms with van der Waals surface area (Å²) >= 11 is 0. The van der Waals surface area contributed by atoms with Gasteiger partial charge < -0.3 is 10.3 Å². The number of rotatable bonds is 1. The van der Waals surface area contributed by atoms with Crippen LogP contribution in [-0.2, 0) is 13.6 Å². The fraction of sp³-hybridized carbons (Fsp3) is 0.300. The summed E-state index contributed by atoms with van der Waals surface area (Å²) in [5.74, 6) is 0. The van der Waals surface area contributed by atoms with E-state index in [1.807, 2.05) is 20.2 Å². The molecule has 0 saturated heterocycles. The lowest BCUT2D eigenvalue weighted by molar-refractivity contribution is 0.848. The van der Waals surface area contributed by atoms with Crippen LogP contribution < -0.4 is 5.73 Å². The molecule has 0 radical (unpaired) electrons. The molecule has 13 heavy (non-hydrogen) atoms. The molecule has 0 amide bonds. The summed E-state index contributed by atoms with van der Waals surface area (Å²) in [4.78, 5) is 4.24. The third kappa shape index (κ3) is 1.21. The van der Waals surface area contributed by atoms with Gasteiger partial charge in [0.1, 0.15) is 0 Å². The molecule has 2 N–H and O–H groups in total. The molecule has 0 spiro atoms. The Hall–Kier alpha value is -1.35. The highest BCUT2D eigenvalue weighted by molar-refractivity contribution is 5.80. The maximum absolute atomic E-state index is 5.61. The molecule has 2 rings (SSSR count). The summed E-state index contributed by atoms with van der Waals surface area (Å²) < 4.78 is 2.12. The standard InChI is InChI=1S/C10H13N3/c1-7-3-10-8(6-12-7)4-9(5-11)13(10)2/h3-4,6H,5,11H2,1-2H3. The first-order valence-corrected chi connectivity index (χ1v) is 4.33. The van der Waals surface area contributed by atoms with Gasteiger partial charge in [0, 0.05) is 36.6 Å². The van der Waals surface area contributed by atoms with Gasteiger partial charge in [0.05, 0.1) is 5.52 Å². The van der Waals surface area contributed by atoms with Crippen LogP contribution in [0.15, 0.2) is 18.3 Å². The van der Waals surface area contributed by atoms with E-state index in [0.29, 0.717) is 6.54 Å². The molecule has 0 saturated carbocycles. The molecule has 0 aliphatic carbocycles. The second kappa shape index (κ2) is 2.85. The highest BCUT2D eigenvalue weighted by Crippen LogP contribution is 2.17. The van der Waals surface area contributed by atoms with Crippen LogP contribution in [0.5, 0.6) is 0 Å². The summed E-state index contributed by atoms with van der Waals surface area (Å²) in [6.07, 6.45) is 1.89. The maximum atomic E-state index is 5.61. The van der Waals surface area contributed by atoms with Crippen molar-refractivity contribution in [3.8, 4) is 0 Å². The lowest BCUT2D eigenvalue weighted by Gasteiger charge is -2.00. The van der Waals surface area contributed by atoms with Gasteiger partial charge in [0.25, 0.3) is 0 Å². The molecule has 2 aromatic rings. The van der Waals surface area contributed by atoms with E-state index in [9.17, 15) is 0 Å². The second-order valence-electron chi connectivity index (χ2n) is 3.28. The fourth-order valence-corrected chi connectivity index (χ4v) is 1.58. The van der Waals surface area contributed by atoms with E-state index in [4.69, 9.17) is 5.73 Å². The van der Waals surface area contributed by atoms with Crippen LogP contribution in [0.1, 0.15) is 11.4 Å². The Kier molecular flexibility index (Phi) is 1.81. The van der Waals surface area contributed by atoms with Crippen LogP contribution in [0.3, 0.4) is 0 Å². The van der Waals surface area contributed by atoms with Crippen molar-refractivity contribution in [1.29, 1.82) is 0 Å². The molecule has 3 nitrogen and oxygen atoms in total. The highest BCUT2D eigenvalue weighted by atomic mass is 15.0. The average molecular weight is 175 g/mol. The van der Waals surface area contributed by atoms with Gasteiger partial charge in [-0.25, -0.2) is 0 Å². The van der Waals surface area contributed by atoms with E-state index in [-0.39, 0.29) is 0 Å². The number of aryl methyl sites for hydroxylation is 2. The Morgan fingerprint density at radius 1 is 1.46 bits per heavy atom. The molecule has 0 bridgehead atoms. The first-order chi connectivity index (χ1) is 6.22. The molecular weight excluding hydrogens is 162 g/mol. The van der Waals surface area contributed by atoms with E-state index in [1.165, 1.54) is 5.52 Å². The van der Waals surface area contributed by atoms with Crippen LogP contribution in [-0.4, -0.2) is 9.55 Å². The summed E-state index contributed by atoms with van der Waals surface area (Å²) in [5.41, 5.74) is 8.99. The summed E-state index contributed by atoms with van der Waals surface area (Å²) in [5, 5.41) is 1.16. The third-order valence-corrected chi connectivity index (χ3v) is 2.37. The highest BCUT2D eigenvalue weighted by Gasteiger charge is 2.03. The summed E-state index contributed by atoms with van der Waals surface area (Å²) in [6.45, 7) is 2.57. The topological polar surface area (TPSA) is 43.8 Å². The Morgan fingerprint density at radius 2 is 2.23 bits per heavy atom. The van der Waals surface area contributed by atoms with Crippen molar-refractivity contribution in [3.63, 3.8) is 0 Å². The first-order valence-electron chi connectivity index (χ1n) is 4.33. The van der Waals surface area contributed by atoms with Gasteiger partial charge >= 0.3 is 0 Å². The Labute approximate surface area is 77.2 Å². The summed E-state index contributed by atoms with van der Waals surface area (Å²) in [7, 11) is 2.03. The van der Waals surface area contributed by atoms with E-state index < -0.39 is 0 Å². The monoisotopic (exact) mass is 175 g/mol. The number of fused-ring (bicyclic) bond motifs is 1. The number of nitrogens with zero attached hydrogens (tertiary/aromatic N) is 2. The number of pyridine rings is 1. The molecule has 68 valence electrons. The van der Waals surface area contributed by atoms with E-state index >= 15 is 0 Å². The Bertz CT molecular complexity index is 443. The van der Waals surface area contributed by atoms with Crippen LogP contribution in [0.2, 0.25) is 0 Å². The van der Waals surface area contributed by atoms with Gasteiger partial charge in [-0.05, 0) is 19.1 Å². The molecule has 0 unspecified atom stereocenters. The van der Waals surface area contributed by atoms with Gasteiger partial charge in [0.15, 0.2) is 0 Å². The average Bonchev–Trinajstić information content (AvgIpc) is 2.44. The molecule has 3 heteroatoms. The SMILES string of the molecule is Cc1cc2c(cn1)cc(CN)n2C. The fourth-order valence-electron chi connectivity index (χ4n) is 1.58. The van der Waals surface area contributed by atoms with Gasteiger partial charge in [-0.3, -0.25) is 4.98 Å². The third-order valence-electron chi connectivity index (χ3n) is 2.37. The minimum absolute atomic E-state index is 0.574. The zero-order valence-electron chi connectivity index (χ0n) is 7.91. The van der Waals surface area contributed by atoms with Crippen LogP contribution in [0, 0.1) is 6.92 Å². The zero-order chi connectivity index (χ0) is 9.42. The lowest BCUT2D eigenvalue weighted by Crippen LogP contribution is -2.02. The van der Waals surface area contributed by atoms with Crippen molar-refractivity contribution in [2.75, 3.05) is 0 Å². The van der Waals surface area contributed by atoms with E-state index in [2.05, 4.69) is 21.7 Å². The van der Waals surface area contributed by atoms with Crippen LogP contribution >= 0.6 is 0 Å². The minimum atomic E-state index is 0.574. The molecule has 0 aliphatic heterocycles. The molecule has 0 fully saturated rings. The van der Waals surface area contributed by atoms with Crippen molar-refractivity contribution >= 4 is 10.9 Å². The van der Waals surface area contributed by atoms with Gasteiger partial charge in [-0.15, -0.1) is 0 Å². The van der Waals surface area contributed by atoms with Crippen molar-refractivity contribution in [2.24, 2.45) is 12.8 Å². The molecule has 0 aromatic carbocycles. The van der Waals surface area contributed by atoms with Gasteiger partial charge in [-0.1, -0.05) is 0 Å². The maximum Gasteiger partial charge on any atom is 0.0514 e. The molecule has 0 aliphatic rings. The van der Waals surface area contributed by atoms with Crippen molar-refractivity contribution in [1.82, 2.24) is 9.55 Å². The van der Waals surface area contributed by atoms with E-state index in [1.54, 1.807) is 0 Å². The second-order valence-corrected chi connectivity index (χ2v) is 3.28. The predicted molar refractivity (Wildman–Crippen MR) is 53.3 cm³/mol. The normalized spacial score (nSPS) is 11.0. The Morgan fingerprint density at radius 3 is 2.92 bits per heavy atom. The van der Waals surface area contributed by atoms with E-state index in [0.717, 1.165) is 16.8 Å². The zero-order valence-corrected chi connectivity index (χ0v) is 7.91. The number of nitrogens with two attached hydrogens (primary N) is 1. The molecule has 2 heterocycles. The number of hydrogen-bond donors (Lipinski definition) is 1. The lowest BCUT2D eigenvalue weighted by atomic mass is 10.3. The van der Waals surface area contributed by atoms with Crippen LogP contribution in [0.4, 0.5) is 0 Å². The smallest absolute Gasteiger partial charge is 0.0514 e. The van der Waals surface area contributed by atoms with Crippen LogP contribution in [0.25, 0.3) is 10.9 Å². The van der Waals surface area contributed by atoms with Crippen molar-refractivity contribution < 1.29 is 0 Å². The van der Waals surface area contributed by atoms with Gasteiger partial charge in [0.2, 0.25) is 0 Å². The van der Waals surface area contributed by atoms with Gasteiger partial charge in [-0.2, -0.15) is 0 Å². The molecule has 0 atom stereocenters. The largest absolute Gasteiger partial charge is 0.346 e. The Balaban J connectivity index is 2.77. The van der Waals surface area contributed by atoms with Crippen molar-refractivity contribution in [3.05, 3.63) is 29.7 Å². The quantitative estimate of drug-likeness (QED) is 0.710. The molecular formula is C10H13N3.